The Labute approximate surface area is 173 Å². The van der Waals surface area contributed by atoms with E-state index in [2.05, 4.69) is 10.0 Å². The summed E-state index contributed by atoms with van der Waals surface area (Å²) < 4.78 is 27.4. The molecule has 0 unspecified atom stereocenters. The van der Waals surface area contributed by atoms with Crippen molar-refractivity contribution in [1.82, 2.24) is 5.32 Å². The topological polar surface area (TPSA) is 75.3 Å². The summed E-state index contributed by atoms with van der Waals surface area (Å²) in [5.41, 5.74) is 1.53. The largest absolute Gasteiger partial charge is 0.348 e. The van der Waals surface area contributed by atoms with Gasteiger partial charge in [0, 0.05) is 27.8 Å². The monoisotopic (exact) mass is 434 g/mol. The molecule has 2 N–H and O–H groups in total. The summed E-state index contributed by atoms with van der Waals surface area (Å²) in [5.74, 6) is -0.325. The Kier molecular flexibility index (Phi) is 6.24. The van der Waals surface area contributed by atoms with Crippen LogP contribution in [0.3, 0.4) is 0 Å². The number of sulfonamides is 1. The lowest BCUT2D eigenvalue weighted by molar-refractivity contribution is 0.0951. The summed E-state index contributed by atoms with van der Waals surface area (Å²) in [6.45, 7) is 0.274. The molecule has 0 heterocycles. The minimum absolute atomic E-state index is 0.0464. The Hall–Kier alpha value is -2.54. The minimum atomic E-state index is -3.77. The number of nitrogens with one attached hydrogen (secondary N) is 2. The molecule has 8 heteroatoms. The smallest absolute Gasteiger partial charge is 0.261 e. The first-order valence-corrected chi connectivity index (χ1v) is 10.5. The van der Waals surface area contributed by atoms with Crippen LogP contribution >= 0.6 is 23.2 Å². The molecule has 0 aromatic heterocycles. The molecule has 0 aliphatic rings. The molecule has 0 bridgehead atoms. The Balaban J connectivity index is 1.67. The quantitative estimate of drug-likeness (QED) is 0.588. The van der Waals surface area contributed by atoms with Crippen LogP contribution in [-0.2, 0) is 16.6 Å². The third-order valence-corrected chi connectivity index (χ3v) is 5.94. The van der Waals surface area contributed by atoms with Crippen LogP contribution in [0.1, 0.15) is 15.9 Å². The van der Waals surface area contributed by atoms with Crippen LogP contribution in [0.4, 0.5) is 5.69 Å². The van der Waals surface area contributed by atoms with E-state index in [-0.39, 0.29) is 17.3 Å². The van der Waals surface area contributed by atoms with Gasteiger partial charge in [-0.2, -0.15) is 0 Å². The van der Waals surface area contributed by atoms with Gasteiger partial charge in [-0.25, -0.2) is 8.42 Å². The SMILES string of the molecule is O=C(NCc1ccccc1Cl)c1ccc(S(=O)(=O)Nc2ccc(Cl)cc2)cc1. The van der Waals surface area contributed by atoms with Crippen LogP contribution in [0, 0.1) is 0 Å². The molecule has 0 aliphatic heterocycles. The highest BCUT2D eigenvalue weighted by molar-refractivity contribution is 7.92. The van der Waals surface area contributed by atoms with Crippen LogP contribution in [-0.4, -0.2) is 14.3 Å². The average molecular weight is 435 g/mol. The Bertz CT molecular complexity index is 1080. The number of carbonyl (C=O) groups is 1. The summed E-state index contributed by atoms with van der Waals surface area (Å²) in [6, 6.07) is 19.2. The van der Waals surface area contributed by atoms with Crippen molar-refractivity contribution < 1.29 is 13.2 Å². The number of rotatable bonds is 6. The lowest BCUT2D eigenvalue weighted by Gasteiger charge is -2.10. The van der Waals surface area contributed by atoms with Gasteiger partial charge in [0.25, 0.3) is 15.9 Å². The lowest BCUT2D eigenvalue weighted by atomic mass is 10.2. The van der Waals surface area contributed by atoms with Crippen molar-refractivity contribution in [2.45, 2.75) is 11.4 Å². The van der Waals surface area contributed by atoms with E-state index in [1.165, 1.54) is 24.3 Å². The molecule has 0 aliphatic carbocycles. The first kappa shape index (κ1) is 20.2. The molecular weight excluding hydrogens is 419 g/mol. The maximum absolute atomic E-state index is 12.5. The third-order valence-electron chi connectivity index (χ3n) is 3.92. The Morgan fingerprint density at radius 2 is 1.50 bits per heavy atom. The number of amides is 1. The van der Waals surface area contributed by atoms with Crippen molar-refractivity contribution >= 4 is 44.8 Å². The zero-order valence-electron chi connectivity index (χ0n) is 14.5. The molecule has 5 nitrogen and oxygen atoms in total. The molecule has 3 aromatic rings. The molecule has 1 amide bonds. The van der Waals surface area contributed by atoms with Gasteiger partial charge in [0.2, 0.25) is 0 Å². The van der Waals surface area contributed by atoms with Gasteiger partial charge in [0.15, 0.2) is 0 Å². The molecule has 3 rings (SSSR count). The molecule has 144 valence electrons. The predicted octanol–water partition coefficient (Wildman–Crippen LogP) is 4.72. The van der Waals surface area contributed by atoms with Crippen molar-refractivity contribution in [2.75, 3.05) is 4.72 Å². The zero-order valence-corrected chi connectivity index (χ0v) is 16.9. The summed E-state index contributed by atoms with van der Waals surface area (Å²) in [5, 5.41) is 3.83. The van der Waals surface area contributed by atoms with Gasteiger partial charge in [0.05, 0.1) is 4.90 Å². The van der Waals surface area contributed by atoms with E-state index in [1.807, 2.05) is 18.2 Å². The predicted molar refractivity (Wildman–Crippen MR) is 111 cm³/mol. The van der Waals surface area contributed by atoms with E-state index < -0.39 is 10.0 Å². The van der Waals surface area contributed by atoms with Crippen LogP contribution in [0.25, 0.3) is 0 Å². The number of benzene rings is 3. The summed E-state index contributed by atoms with van der Waals surface area (Å²) >= 11 is 11.9. The number of hydrogen-bond donors (Lipinski definition) is 2. The van der Waals surface area contributed by atoms with Crippen molar-refractivity contribution in [1.29, 1.82) is 0 Å². The van der Waals surface area contributed by atoms with E-state index in [1.54, 1.807) is 30.3 Å². The second kappa shape index (κ2) is 8.65. The maximum atomic E-state index is 12.5. The van der Waals surface area contributed by atoms with Gasteiger partial charge in [-0.05, 0) is 60.2 Å². The first-order chi connectivity index (χ1) is 13.3. The zero-order chi connectivity index (χ0) is 20.1. The third kappa shape index (κ3) is 5.04. The maximum Gasteiger partial charge on any atom is 0.261 e. The molecule has 0 fully saturated rings. The summed E-state index contributed by atoms with van der Waals surface area (Å²) in [7, 11) is -3.77. The van der Waals surface area contributed by atoms with Crippen molar-refractivity contribution in [3.63, 3.8) is 0 Å². The van der Waals surface area contributed by atoms with Gasteiger partial charge in [-0.15, -0.1) is 0 Å². The fraction of sp³-hybridized carbons (Fsp3) is 0.0500. The second-order valence-electron chi connectivity index (χ2n) is 5.91. The molecule has 28 heavy (non-hydrogen) atoms. The Morgan fingerprint density at radius 1 is 0.857 bits per heavy atom. The highest BCUT2D eigenvalue weighted by Crippen LogP contribution is 2.19. The van der Waals surface area contributed by atoms with Gasteiger partial charge in [-0.1, -0.05) is 41.4 Å². The van der Waals surface area contributed by atoms with E-state index in [0.29, 0.717) is 21.3 Å². The van der Waals surface area contributed by atoms with E-state index in [9.17, 15) is 13.2 Å². The van der Waals surface area contributed by atoms with Gasteiger partial charge in [0.1, 0.15) is 0 Å². The normalized spacial score (nSPS) is 11.1. The lowest BCUT2D eigenvalue weighted by Crippen LogP contribution is -2.23. The van der Waals surface area contributed by atoms with Crippen LogP contribution < -0.4 is 10.0 Å². The fourth-order valence-corrected chi connectivity index (χ4v) is 3.82. The molecule has 3 aromatic carbocycles. The summed E-state index contributed by atoms with van der Waals surface area (Å²) in [6.07, 6.45) is 0. The average Bonchev–Trinajstić information content (AvgIpc) is 2.69. The van der Waals surface area contributed by atoms with Crippen molar-refractivity contribution in [2.24, 2.45) is 0 Å². The molecule has 0 spiro atoms. The molecule has 0 saturated heterocycles. The highest BCUT2D eigenvalue weighted by Gasteiger charge is 2.15. The molecular formula is C20H16Cl2N2O3S. The number of carbonyl (C=O) groups excluding carboxylic acids is 1. The summed E-state index contributed by atoms with van der Waals surface area (Å²) in [4.78, 5) is 12.3. The molecule has 0 radical (unpaired) electrons. The number of halogens is 2. The number of anilines is 1. The van der Waals surface area contributed by atoms with Crippen molar-refractivity contribution in [3.05, 3.63) is 94.0 Å². The van der Waals surface area contributed by atoms with E-state index in [4.69, 9.17) is 23.2 Å². The second-order valence-corrected chi connectivity index (χ2v) is 8.44. The van der Waals surface area contributed by atoms with Crippen LogP contribution in [0.2, 0.25) is 10.0 Å². The van der Waals surface area contributed by atoms with E-state index in [0.717, 1.165) is 5.56 Å². The van der Waals surface area contributed by atoms with Crippen molar-refractivity contribution in [3.8, 4) is 0 Å². The standard InChI is InChI=1S/C20H16Cl2N2O3S/c21-16-7-9-17(10-8-16)24-28(26,27)18-11-5-14(6-12-18)20(25)23-13-15-3-1-2-4-19(15)22/h1-12,24H,13H2,(H,23,25). The first-order valence-electron chi connectivity index (χ1n) is 8.25. The van der Waals surface area contributed by atoms with Gasteiger partial charge >= 0.3 is 0 Å². The molecule has 0 atom stereocenters. The fourth-order valence-electron chi connectivity index (χ4n) is 2.44. The van der Waals surface area contributed by atoms with Crippen LogP contribution in [0.15, 0.2) is 77.7 Å². The minimum Gasteiger partial charge on any atom is -0.348 e. The van der Waals surface area contributed by atoms with Gasteiger partial charge < -0.3 is 5.32 Å². The highest BCUT2D eigenvalue weighted by atomic mass is 35.5. The molecule has 0 saturated carbocycles. The van der Waals surface area contributed by atoms with Crippen LogP contribution in [0.5, 0.6) is 0 Å². The number of hydrogen-bond acceptors (Lipinski definition) is 3. The Morgan fingerprint density at radius 3 is 2.14 bits per heavy atom. The van der Waals surface area contributed by atoms with E-state index >= 15 is 0 Å². The van der Waals surface area contributed by atoms with Gasteiger partial charge in [-0.3, -0.25) is 9.52 Å².